The summed E-state index contributed by atoms with van der Waals surface area (Å²) in [5, 5.41) is 3.53. The molecule has 2 aromatic rings. The molecule has 1 aromatic heterocycles. The van der Waals surface area contributed by atoms with Crippen LogP contribution in [0.1, 0.15) is 25.7 Å². The molecule has 4 fully saturated rings. The number of rotatable bonds is 6. The van der Waals surface area contributed by atoms with Crippen molar-refractivity contribution in [3.05, 3.63) is 46.0 Å². The average molecular weight is 420 g/mol. The number of allylic oxidation sites excluding steroid dienone is 1. The van der Waals surface area contributed by atoms with E-state index in [4.69, 9.17) is 16.3 Å². The summed E-state index contributed by atoms with van der Waals surface area (Å²) < 4.78 is 19.8. The molecule has 1 N–H and O–H groups in total. The minimum Gasteiger partial charge on any atom is -0.479 e. The zero-order chi connectivity index (χ0) is 19.1. The number of hydrogen-bond acceptors (Lipinski definition) is 5. The third kappa shape index (κ3) is 3.78. The lowest BCUT2D eigenvalue weighted by Crippen LogP contribution is -2.48. The minimum absolute atomic E-state index is 0.122. The summed E-state index contributed by atoms with van der Waals surface area (Å²) in [5.41, 5.74) is 3.96. The maximum absolute atomic E-state index is 13.5. The van der Waals surface area contributed by atoms with E-state index in [-0.39, 0.29) is 5.02 Å². The fourth-order valence-electron chi connectivity index (χ4n) is 4.27. The van der Waals surface area contributed by atoms with Gasteiger partial charge >= 0.3 is 0 Å². The number of anilines is 1. The van der Waals surface area contributed by atoms with Crippen LogP contribution in [0.2, 0.25) is 5.02 Å². The predicted molar refractivity (Wildman–Crippen MR) is 111 cm³/mol. The van der Waals surface area contributed by atoms with Gasteiger partial charge in [-0.15, -0.1) is 11.3 Å². The summed E-state index contributed by atoms with van der Waals surface area (Å²) in [6, 6.07) is 4.77. The van der Waals surface area contributed by atoms with Crippen molar-refractivity contribution in [3.8, 4) is 10.4 Å². The van der Waals surface area contributed by atoms with Crippen molar-refractivity contribution < 1.29 is 9.13 Å². The largest absolute Gasteiger partial charge is 0.479 e. The molecule has 3 aliphatic heterocycles. The molecule has 2 bridgehead atoms. The van der Waals surface area contributed by atoms with Crippen molar-refractivity contribution >= 4 is 28.8 Å². The molecule has 28 heavy (non-hydrogen) atoms. The number of ether oxygens (including phenoxy) is 1. The lowest BCUT2D eigenvalue weighted by Gasteiger charge is -2.44. The highest BCUT2D eigenvalue weighted by atomic mass is 35.5. The van der Waals surface area contributed by atoms with Gasteiger partial charge in [-0.3, -0.25) is 0 Å². The number of nitrogens with one attached hydrogen (secondary N) is 1. The normalized spacial score (nSPS) is 25.6. The molecular weight excluding hydrogens is 397 g/mol. The molecule has 1 atom stereocenters. The molecule has 4 heterocycles. The van der Waals surface area contributed by atoms with Gasteiger partial charge in [0.15, 0.2) is 11.7 Å². The molecule has 1 saturated carbocycles. The highest BCUT2D eigenvalue weighted by Gasteiger charge is 2.35. The molecule has 4 nitrogen and oxygen atoms in total. The second kappa shape index (κ2) is 7.65. The molecule has 3 saturated heterocycles. The van der Waals surface area contributed by atoms with Gasteiger partial charge in [-0.05, 0) is 68.0 Å². The molecule has 6 rings (SSSR count). The van der Waals surface area contributed by atoms with E-state index < -0.39 is 5.82 Å². The van der Waals surface area contributed by atoms with Crippen LogP contribution < -0.4 is 5.32 Å². The number of halogens is 2. The average Bonchev–Trinajstić information content (AvgIpc) is 3.47. The summed E-state index contributed by atoms with van der Waals surface area (Å²) >= 11 is 7.47. The minimum atomic E-state index is -0.411. The van der Waals surface area contributed by atoms with Crippen molar-refractivity contribution in [3.63, 3.8) is 0 Å². The zero-order valence-corrected chi connectivity index (χ0v) is 17.2. The number of nitrogens with zero attached hydrogens (tertiary/aromatic N) is 2. The topological polar surface area (TPSA) is 37.4 Å². The van der Waals surface area contributed by atoms with Crippen LogP contribution in [-0.4, -0.2) is 36.1 Å². The van der Waals surface area contributed by atoms with E-state index in [2.05, 4.69) is 15.2 Å². The number of hydrogen-bond donors (Lipinski definition) is 1. The summed E-state index contributed by atoms with van der Waals surface area (Å²) in [5.74, 6) is 2.61. The molecule has 0 spiro atoms. The lowest BCUT2D eigenvalue weighted by atomic mass is 9.79. The highest BCUT2D eigenvalue weighted by Crippen LogP contribution is 2.38. The van der Waals surface area contributed by atoms with Crippen LogP contribution in [0.15, 0.2) is 35.2 Å². The summed E-state index contributed by atoms with van der Waals surface area (Å²) in [6.07, 6.45) is 4.75. The van der Waals surface area contributed by atoms with Crippen molar-refractivity contribution in [2.75, 3.05) is 31.6 Å². The SMILES string of the molecule is Fc1ccc(-c2scnc2NC(OCC2CN3CCC2CC3)=C2CC2)cc1Cl. The van der Waals surface area contributed by atoms with E-state index in [0.717, 1.165) is 54.1 Å². The van der Waals surface area contributed by atoms with Crippen LogP contribution in [0.25, 0.3) is 10.4 Å². The molecule has 1 aromatic carbocycles. The van der Waals surface area contributed by atoms with E-state index in [0.29, 0.717) is 5.92 Å². The first-order valence-corrected chi connectivity index (χ1v) is 11.2. The molecule has 0 radical (unpaired) electrons. The van der Waals surface area contributed by atoms with Crippen molar-refractivity contribution in [2.45, 2.75) is 25.7 Å². The highest BCUT2D eigenvalue weighted by molar-refractivity contribution is 7.13. The van der Waals surface area contributed by atoms with Crippen LogP contribution in [0.4, 0.5) is 10.2 Å². The van der Waals surface area contributed by atoms with Crippen LogP contribution in [0.3, 0.4) is 0 Å². The van der Waals surface area contributed by atoms with Crippen LogP contribution >= 0.6 is 22.9 Å². The van der Waals surface area contributed by atoms with E-state index in [1.807, 2.05) is 0 Å². The second-order valence-corrected chi connectivity index (χ2v) is 9.19. The Labute approximate surface area is 173 Å². The third-order valence-corrected chi connectivity index (χ3v) is 7.20. The summed E-state index contributed by atoms with van der Waals surface area (Å²) in [6.45, 7) is 4.41. The Hall–Kier alpha value is -1.63. The number of piperidine rings is 3. The fraction of sp³-hybridized carbons (Fsp3) is 0.476. The first kappa shape index (κ1) is 18.4. The predicted octanol–water partition coefficient (Wildman–Crippen LogP) is 5.38. The van der Waals surface area contributed by atoms with Gasteiger partial charge in [0.05, 0.1) is 22.0 Å². The summed E-state index contributed by atoms with van der Waals surface area (Å²) in [7, 11) is 0. The van der Waals surface area contributed by atoms with E-state index in [9.17, 15) is 4.39 Å². The number of fused-ring (bicyclic) bond motifs is 3. The molecule has 0 amide bonds. The van der Waals surface area contributed by atoms with Gasteiger partial charge < -0.3 is 15.0 Å². The lowest BCUT2D eigenvalue weighted by molar-refractivity contribution is 0.0107. The number of aromatic nitrogens is 1. The molecule has 148 valence electrons. The van der Waals surface area contributed by atoms with Gasteiger partial charge in [0.1, 0.15) is 5.82 Å². The van der Waals surface area contributed by atoms with Gasteiger partial charge in [0, 0.05) is 12.5 Å². The van der Waals surface area contributed by atoms with Gasteiger partial charge in [-0.25, -0.2) is 9.37 Å². The molecule has 1 unspecified atom stereocenters. The molecular formula is C21H23ClFN3OS. The molecule has 1 aliphatic carbocycles. The van der Waals surface area contributed by atoms with Crippen molar-refractivity contribution in [1.82, 2.24) is 9.88 Å². The Morgan fingerprint density at radius 3 is 2.82 bits per heavy atom. The number of thiazole rings is 1. The van der Waals surface area contributed by atoms with E-state index >= 15 is 0 Å². The smallest absolute Gasteiger partial charge is 0.191 e. The standard InChI is InChI=1S/C21H23ClFN3OS/c22-17-9-15(3-4-18(17)23)19-20(24-12-28-19)25-21(14-1-2-14)27-11-16-10-26-7-5-13(16)6-8-26/h3-4,9,12-13,16,25H,1-2,5-8,10-11H2. The second-order valence-electron chi connectivity index (χ2n) is 7.93. The monoisotopic (exact) mass is 419 g/mol. The Morgan fingerprint density at radius 1 is 1.32 bits per heavy atom. The number of benzene rings is 1. The molecule has 7 heteroatoms. The van der Waals surface area contributed by atoms with Crippen molar-refractivity contribution in [2.24, 2.45) is 11.8 Å². The first-order valence-electron chi connectivity index (χ1n) is 9.90. The quantitative estimate of drug-likeness (QED) is 0.638. The van der Waals surface area contributed by atoms with E-state index in [1.165, 1.54) is 48.9 Å². The first-order chi connectivity index (χ1) is 13.7. The Bertz CT molecular complexity index is 901. The van der Waals surface area contributed by atoms with Crippen LogP contribution in [0, 0.1) is 17.7 Å². The maximum Gasteiger partial charge on any atom is 0.191 e. The van der Waals surface area contributed by atoms with E-state index in [1.54, 1.807) is 17.6 Å². The van der Waals surface area contributed by atoms with Crippen LogP contribution in [0.5, 0.6) is 0 Å². The molecule has 4 aliphatic rings. The Kier molecular flexibility index (Phi) is 5.03. The van der Waals surface area contributed by atoms with Gasteiger partial charge in [-0.1, -0.05) is 17.7 Å². The maximum atomic E-state index is 13.5. The Balaban J connectivity index is 1.30. The van der Waals surface area contributed by atoms with Gasteiger partial charge in [0.25, 0.3) is 0 Å². The Morgan fingerprint density at radius 2 is 2.14 bits per heavy atom. The fourth-order valence-corrected chi connectivity index (χ4v) is 5.19. The van der Waals surface area contributed by atoms with Gasteiger partial charge in [0.2, 0.25) is 0 Å². The van der Waals surface area contributed by atoms with Crippen LogP contribution in [-0.2, 0) is 4.74 Å². The zero-order valence-electron chi connectivity index (χ0n) is 15.6. The van der Waals surface area contributed by atoms with Gasteiger partial charge in [-0.2, -0.15) is 0 Å². The van der Waals surface area contributed by atoms with Crippen molar-refractivity contribution in [1.29, 1.82) is 0 Å². The summed E-state index contributed by atoms with van der Waals surface area (Å²) in [4.78, 5) is 7.97. The third-order valence-electron chi connectivity index (χ3n) is 6.04.